The lowest BCUT2D eigenvalue weighted by Crippen LogP contribution is -2.22. The summed E-state index contributed by atoms with van der Waals surface area (Å²) in [5.74, 6) is -0.342. The molecule has 96 valence electrons. The van der Waals surface area contributed by atoms with Crippen molar-refractivity contribution in [2.24, 2.45) is 0 Å². The zero-order chi connectivity index (χ0) is 11.9. The van der Waals surface area contributed by atoms with E-state index in [9.17, 15) is 4.79 Å². The van der Waals surface area contributed by atoms with E-state index in [4.69, 9.17) is 14.9 Å². The zero-order valence-corrected chi connectivity index (χ0v) is 12.4. The summed E-state index contributed by atoms with van der Waals surface area (Å²) in [6, 6.07) is 0. The smallest absolute Gasteiger partial charge is 0.357 e. The minimum absolute atomic E-state index is 0. The molecule has 0 saturated carbocycles. The number of esters is 1. The molecule has 1 aromatic heterocycles. The fourth-order valence-corrected chi connectivity index (χ4v) is 2.82. The largest absolute Gasteiger partial charge is 0.449 e. The maximum atomic E-state index is 11.7. The van der Waals surface area contributed by atoms with Crippen molar-refractivity contribution in [3.63, 3.8) is 0 Å². The third kappa shape index (κ3) is 2.31. The number of fused-ring (bicyclic) bond motifs is 1. The van der Waals surface area contributed by atoms with Gasteiger partial charge in [-0.3, -0.25) is 5.41 Å². The Morgan fingerprint density at radius 2 is 2.18 bits per heavy atom. The number of methoxy groups -OCH3 is 1. The van der Waals surface area contributed by atoms with Gasteiger partial charge in [0.15, 0.2) is 4.80 Å². The Balaban J connectivity index is 0.00000144. The predicted octanol–water partition coefficient (Wildman–Crippen LogP) is 1.66. The third-order valence-electron chi connectivity index (χ3n) is 2.54. The Hall–Kier alpha value is -0.660. The van der Waals surface area contributed by atoms with Gasteiger partial charge in [-0.05, 0) is 13.8 Å². The topological polar surface area (TPSA) is 64.3 Å². The lowest BCUT2D eigenvalue weighted by atomic mass is 10.1. The molecule has 0 radical (unpaired) electrons. The van der Waals surface area contributed by atoms with Crippen molar-refractivity contribution in [2.75, 3.05) is 13.7 Å². The molecule has 0 atom stereocenters. The molecule has 2 heterocycles. The van der Waals surface area contributed by atoms with Crippen LogP contribution >= 0.6 is 28.3 Å². The summed E-state index contributed by atoms with van der Waals surface area (Å²) < 4.78 is 11.9. The molecule has 0 saturated heterocycles. The normalized spacial score (nSPS) is 16.3. The van der Waals surface area contributed by atoms with Crippen LogP contribution in [0.3, 0.4) is 0 Å². The van der Waals surface area contributed by atoms with Crippen molar-refractivity contribution in [3.05, 3.63) is 15.4 Å². The van der Waals surface area contributed by atoms with Crippen molar-refractivity contribution < 1.29 is 14.3 Å². The summed E-state index contributed by atoms with van der Waals surface area (Å²) in [5, 5.41) is 7.83. The highest BCUT2D eigenvalue weighted by atomic mass is 79.9. The Labute approximate surface area is 114 Å². The molecule has 0 spiro atoms. The van der Waals surface area contributed by atoms with Crippen molar-refractivity contribution in [1.29, 1.82) is 5.41 Å². The molecule has 0 fully saturated rings. The van der Waals surface area contributed by atoms with Crippen LogP contribution in [-0.2, 0) is 21.6 Å². The SMILES string of the molecule is Br.COCCn1c2c(sc1=N)C(C)(C)OC2=O. The third-order valence-corrected chi connectivity index (χ3v) is 3.84. The van der Waals surface area contributed by atoms with Crippen LogP contribution in [0.2, 0.25) is 0 Å². The fourth-order valence-electron chi connectivity index (χ4n) is 1.76. The highest BCUT2D eigenvalue weighted by Gasteiger charge is 2.42. The Morgan fingerprint density at radius 1 is 1.53 bits per heavy atom. The molecule has 0 aromatic carbocycles. The van der Waals surface area contributed by atoms with Gasteiger partial charge < -0.3 is 14.0 Å². The number of halogens is 1. The second-order valence-corrected chi connectivity index (χ2v) is 5.13. The standard InChI is InChI=1S/C10H14N2O3S.BrH/c1-10(2)7-6(8(13)15-10)12(4-5-14-3)9(11)16-7;/h11H,4-5H2,1-3H3;1H. The van der Waals surface area contributed by atoms with E-state index in [1.165, 1.54) is 11.3 Å². The average Bonchev–Trinajstić information content (AvgIpc) is 2.61. The molecule has 7 heteroatoms. The van der Waals surface area contributed by atoms with Crippen molar-refractivity contribution in [3.8, 4) is 0 Å². The van der Waals surface area contributed by atoms with E-state index < -0.39 is 5.60 Å². The van der Waals surface area contributed by atoms with Crippen LogP contribution in [0.5, 0.6) is 0 Å². The van der Waals surface area contributed by atoms with Gasteiger partial charge in [-0.2, -0.15) is 0 Å². The quantitative estimate of drug-likeness (QED) is 0.861. The Bertz CT molecular complexity index is 492. The molecule has 2 rings (SSSR count). The van der Waals surface area contributed by atoms with E-state index in [1.54, 1.807) is 11.7 Å². The molecule has 0 amide bonds. The summed E-state index contributed by atoms with van der Waals surface area (Å²) in [4.78, 5) is 12.9. The monoisotopic (exact) mass is 322 g/mol. The number of nitrogens with one attached hydrogen (secondary N) is 1. The highest BCUT2D eigenvalue weighted by Crippen LogP contribution is 2.37. The van der Waals surface area contributed by atoms with E-state index in [-0.39, 0.29) is 23.0 Å². The first-order chi connectivity index (χ1) is 7.47. The zero-order valence-electron chi connectivity index (χ0n) is 9.90. The predicted molar refractivity (Wildman–Crippen MR) is 68.8 cm³/mol. The van der Waals surface area contributed by atoms with Crippen molar-refractivity contribution in [1.82, 2.24) is 4.57 Å². The number of aromatic nitrogens is 1. The number of carbonyl (C=O) groups excluding carboxylic acids is 1. The van der Waals surface area contributed by atoms with Gasteiger partial charge in [-0.1, -0.05) is 11.3 Å². The summed E-state index contributed by atoms with van der Waals surface area (Å²) in [7, 11) is 1.60. The Morgan fingerprint density at radius 3 is 2.76 bits per heavy atom. The molecular formula is C10H15BrN2O3S. The van der Waals surface area contributed by atoms with Gasteiger partial charge in [-0.15, -0.1) is 17.0 Å². The van der Waals surface area contributed by atoms with Crippen LogP contribution in [0.1, 0.15) is 29.2 Å². The summed E-state index contributed by atoms with van der Waals surface area (Å²) in [5.41, 5.74) is -0.0948. The number of hydrogen-bond acceptors (Lipinski definition) is 5. The second-order valence-electron chi connectivity index (χ2n) is 4.13. The van der Waals surface area contributed by atoms with Crippen LogP contribution in [0.4, 0.5) is 0 Å². The Kier molecular flexibility index (Phi) is 4.16. The molecule has 17 heavy (non-hydrogen) atoms. The van der Waals surface area contributed by atoms with Crippen molar-refractivity contribution >= 4 is 34.3 Å². The fraction of sp³-hybridized carbons (Fsp3) is 0.600. The van der Waals surface area contributed by atoms with Crippen LogP contribution in [0.25, 0.3) is 0 Å². The van der Waals surface area contributed by atoms with Gasteiger partial charge in [0.25, 0.3) is 0 Å². The summed E-state index contributed by atoms with van der Waals surface area (Å²) in [6.45, 7) is 4.67. The molecule has 1 aromatic rings. The maximum Gasteiger partial charge on any atom is 0.357 e. The maximum absolute atomic E-state index is 11.7. The van der Waals surface area contributed by atoms with Crippen molar-refractivity contribution in [2.45, 2.75) is 26.0 Å². The van der Waals surface area contributed by atoms with Gasteiger partial charge in [-0.25, -0.2) is 4.79 Å². The summed E-state index contributed by atoms with van der Waals surface area (Å²) >= 11 is 1.29. The van der Waals surface area contributed by atoms with Gasteiger partial charge in [0.05, 0.1) is 11.5 Å². The molecule has 0 aliphatic carbocycles. The first-order valence-corrected chi connectivity index (χ1v) is 5.80. The van der Waals surface area contributed by atoms with E-state index in [1.807, 2.05) is 13.8 Å². The van der Waals surface area contributed by atoms with E-state index in [0.717, 1.165) is 4.88 Å². The van der Waals surface area contributed by atoms with E-state index >= 15 is 0 Å². The molecular weight excluding hydrogens is 308 g/mol. The summed E-state index contributed by atoms with van der Waals surface area (Å²) in [6.07, 6.45) is 0. The molecule has 1 N–H and O–H groups in total. The number of thiazole rings is 1. The van der Waals surface area contributed by atoms with Gasteiger partial charge in [0.2, 0.25) is 0 Å². The van der Waals surface area contributed by atoms with E-state index in [0.29, 0.717) is 23.6 Å². The average molecular weight is 323 g/mol. The number of nitrogens with zero attached hydrogens (tertiary/aromatic N) is 1. The second kappa shape index (κ2) is 4.91. The highest BCUT2D eigenvalue weighted by molar-refractivity contribution is 8.93. The minimum Gasteiger partial charge on any atom is -0.449 e. The molecule has 5 nitrogen and oxygen atoms in total. The number of rotatable bonds is 3. The molecule has 0 bridgehead atoms. The lowest BCUT2D eigenvalue weighted by Gasteiger charge is -2.15. The van der Waals surface area contributed by atoms with Crippen LogP contribution in [0, 0.1) is 5.41 Å². The number of carbonyl (C=O) groups is 1. The van der Waals surface area contributed by atoms with Gasteiger partial charge in [0.1, 0.15) is 11.3 Å². The minimum atomic E-state index is -0.606. The molecule has 0 unspecified atom stereocenters. The number of cyclic esters (lactones) is 1. The van der Waals surface area contributed by atoms with Gasteiger partial charge >= 0.3 is 5.97 Å². The lowest BCUT2D eigenvalue weighted by molar-refractivity contribution is 0.00983. The molecule has 1 aliphatic rings. The molecule has 1 aliphatic heterocycles. The van der Waals surface area contributed by atoms with Gasteiger partial charge in [0, 0.05) is 13.7 Å². The van der Waals surface area contributed by atoms with Crippen LogP contribution in [-0.4, -0.2) is 24.3 Å². The number of ether oxygens (including phenoxy) is 2. The first-order valence-electron chi connectivity index (χ1n) is 4.98. The van der Waals surface area contributed by atoms with Crippen LogP contribution in [0.15, 0.2) is 0 Å². The first kappa shape index (κ1) is 14.4. The van der Waals surface area contributed by atoms with Crippen LogP contribution < -0.4 is 4.80 Å². The van der Waals surface area contributed by atoms with E-state index in [2.05, 4.69) is 0 Å². The number of hydrogen-bond donors (Lipinski definition) is 1.